The molecule has 0 bridgehead atoms. The van der Waals surface area contributed by atoms with Crippen LogP contribution in [0.25, 0.3) is 0 Å². The second-order valence-electron chi connectivity index (χ2n) is 6.31. The highest BCUT2D eigenvalue weighted by Crippen LogP contribution is 2.27. The first-order chi connectivity index (χ1) is 10.0. The molecule has 2 unspecified atom stereocenters. The summed E-state index contributed by atoms with van der Waals surface area (Å²) in [4.78, 5) is 17.2. The molecule has 1 aliphatic rings. The Morgan fingerprint density at radius 2 is 1.95 bits per heavy atom. The third-order valence-corrected chi connectivity index (χ3v) is 4.43. The number of nitrogens with two attached hydrogens (primary N) is 1. The summed E-state index contributed by atoms with van der Waals surface area (Å²) in [7, 11) is 2.11. The Labute approximate surface area is 127 Å². The van der Waals surface area contributed by atoms with Crippen molar-refractivity contribution in [1.29, 1.82) is 0 Å². The molecule has 21 heavy (non-hydrogen) atoms. The number of amides is 1. The first-order valence-electron chi connectivity index (χ1n) is 7.78. The zero-order chi connectivity index (χ0) is 15.4. The van der Waals surface area contributed by atoms with Crippen molar-refractivity contribution in [3.63, 3.8) is 0 Å². The van der Waals surface area contributed by atoms with Gasteiger partial charge in [-0.05, 0) is 18.5 Å². The molecular weight excluding hydrogens is 262 g/mol. The van der Waals surface area contributed by atoms with Gasteiger partial charge in [-0.2, -0.15) is 0 Å². The van der Waals surface area contributed by atoms with Crippen LogP contribution >= 0.6 is 0 Å². The first-order valence-corrected chi connectivity index (χ1v) is 7.78. The molecule has 1 aromatic rings. The van der Waals surface area contributed by atoms with Crippen molar-refractivity contribution >= 4 is 5.91 Å². The second-order valence-corrected chi connectivity index (χ2v) is 6.31. The van der Waals surface area contributed by atoms with E-state index in [2.05, 4.69) is 37.9 Å². The Morgan fingerprint density at radius 3 is 2.52 bits per heavy atom. The lowest BCUT2D eigenvalue weighted by Crippen LogP contribution is -2.52. The van der Waals surface area contributed by atoms with Crippen LogP contribution in [0, 0.1) is 11.8 Å². The molecule has 1 aromatic carbocycles. The summed E-state index contributed by atoms with van der Waals surface area (Å²) < 4.78 is 0. The summed E-state index contributed by atoms with van der Waals surface area (Å²) in [5.74, 6) is 0.396. The van der Waals surface area contributed by atoms with Crippen molar-refractivity contribution in [2.45, 2.75) is 19.9 Å². The molecule has 1 heterocycles. The van der Waals surface area contributed by atoms with E-state index in [9.17, 15) is 4.79 Å². The van der Waals surface area contributed by atoms with E-state index in [-0.39, 0.29) is 23.8 Å². The average molecular weight is 289 g/mol. The van der Waals surface area contributed by atoms with Crippen molar-refractivity contribution in [1.82, 2.24) is 9.80 Å². The van der Waals surface area contributed by atoms with E-state index in [1.54, 1.807) is 0 Å². The number of carbonyl (C=O) groups is 1. The summed E-state index contributed by atoms with van der Waals surface area (Å²) in [5.41, 5.74) is 7.04. The maximum absolute atomic E-state index is 12.9. The Morgan fingerprint density at radius 1 is 1.29 bits per heavy atom. The van der Waals surface area contributed by atoms with Crippen LogP contribution in [0.5, 0.6) is 0 Å². The van der Waals surface area contributed by atoms with E-state index >= 15 is 0 Å². The predicted octanol–water partition coefficient (Wildman–Crippen LogP) is 1.73. The third-order valence-electron chi connectivity index (χ3n) is 4.43. The topological polar surface area (TPSA) is 49.6 Å². The van der Waals surface area contributed by atoms with Gasteiger partial charge in [-0.3, -0.25) is 4.79 Å². The fourth-order valence-corrected chi connectivity index (χ4v) is 3.01. The molecule has 4 heteroatoms. The monoisotopic (exact) mass is 289 g/mol. The van der Waals surface area contributed by atoms with Crippen LogP contribution in [0.4, 0.5) is 0 Å². The van der Waals surface area contributed by atoms with E-state index in [0.29, 0.717) is 6.54 Å². The molecule has 1 saturated heterocycles. The Hall–Kier alpha value is -1.39. The summed E-state index contributed by atoms with van der Waals surface area (Å²) >= 11 is 0. The maximum atomic E-state index is 12.9. The highest BCUT2D eigenvalue weighted by molar-refractivity contribution is 5.80. The number of hydrogen-bond acceptors (Lipinski definition) is 3. The average Bonchev–Trinajstić information content (AvgIpc) is 2.48. The molecule has 0 aromatic heterocycles. The van der Waals surface area contributed by atoms with E-state index in [1.165, 1.54) is 5.56 Å². The molecule has 4 nitrogen and oxygen atoms in total. The predicted molar refractivity (Wildman–Crippen MR) is 85.8 cm³/mol. The van der Waals surface area contributed by atoms with Crippen LogP contribution in [0.1, 0.15) is 25.5 Å². The van der Waals surface area contributed by atoms with E-state index < -0.39 is 0 Å². The normalized spacial score (nSPS) is 21.6. The number of piperazine rings is 1. The minimum atomic E-state index is -0.0837. The van der Waals surface area contributed by atoms with E-state index in [4.69, 9.17) is 5.73 Å². The second kappa shape index (κ2) is 7.05. The van der Waals surface area contributed by atoms with Crippen molar-refractivity contribution in [2.24, 2.45) is 17.6 Å². The molecule has 2 N–H and O–H groups in total. The molecule has 2 rings (SSSR count). The van der Waals surface area contributed by atoms with Crippen molar-refractivity contribution in [3.8, 4) is 0 Å². The van der Waals surface area contributed by atoms with Gasteiger partial charge in [-0.25, -0.2) is 0 Å². The van der Waals surface area contributed by atoms with Gasteiger partial charge in [0.05, 0.1) is 12.0 Å². The van der Waals surface area contributed by atoms with Gasteiger partial charge >= 0.3 is 0 Å². The maximum Gasteiger partial charge on any atom is 0.227 e. The lowest BCUT2D eigenvalue weighted by molar-refractivity contribution is -0.141. The van der Waals surface area contributed by atoms with Crippen molar-refractivity contribution in [3.05, 3.63) is 35.9 Å². The lowest BCUT2D eigenvalue weighted by Gasteiger charge is -2.42. The van der Waals surface area contributed by atoms with Crippen molar-refractivity contribution in [2.75, 3.05) is 33.2 Å². The molecule has 1 fully saturated rings. The number of rotatable bonds is 4. The molecule has 1 aliphatic heterocycles. The van der Waals surface area contributed by atoms with Gasteiger partial charge in [0.25, 0.3) is 0 Å². The van der Waals surface area contributed by atoms with E-state index in [1.807, 2.05) is 23.1 Å². The standard InChI is InChI=1S/C17H27N3O/c1-13(2)15(11-18)17(21)20-10-9-19(3)12-16(20)14-7-5-4-6-8-14/h4-8,13,15-16H,9-12,18H2,1-3H3. The molecular formula is C17H27N3O. The van der Waals surface area contributed by atoms with Gasteiger partial charge in [0, 0.05) is 26.2 Å². The van der Waals surface area contributed by atoms with Crippen molar-refractivity contribution < 1.29 is 4.79 Å². The SMILES string of the molecule is CC(C)C(CN)C(=O)N1CCN(C)CC1c1ccccc1. The highest BCUT2D eigenvalue weighted by atomic mass is 16.2. The number of likely N-dealkylation sites (N-methyl/N-ethyl adjacent to an activating group) is 1. The minimum Gasteiger partial charge on any atom is -0.333 e. The zero-order valence-electron chi connectivity index (χ0n) is 13.3. The Balaban J connectivity index is 2.24. The van der Waals surface area contributed by atoms with Crippen LogP contribution in [-0.2, 0) is 4.79 Å². The molecule has 0 spiro atoms. The number of benzene rings is 1. The quantitative estimate of drug-likeness (QED) is 0.918. The van der Waals surface area contributed by atoms with Gasteiger partial charge in [-0.15, -0.1) is 0 Å². The van der Waals surface area contributed by atoms with Gasteiger partial charge < -0.3 is 15.5 Å². The highest BCUT2D eigenvalue weighted by Gasteiger charge is 2.34. The molecule has 0 radical (unpaired) electrons. The lowest BCUT2D eigenvalue weighted by atomic mass is 9.92. The Bertz CT molecular complexity index is 460. The van der Waals surface area contributed by atoms with Gasteiger partial charge in [0.2, 0.25) is 5.91 Å². The zero-order valence-corrected chi connectivity index (χ0v) is 13.3. The molecule has 2 atom stereocenters. The molecule has 0 saturated carbocycles. The largest absolute Gasteiger partial charge is 0.333 e. The number of nitrogens with zero attached hydrogens (tertiary/aromatic N) is 2. The summed E-state index contributed by atoms with van der Waals surface area (Å²) in [6.45, 7) is 7.14. The molecule has 0 aliphatic carbocycles. The van der Waals surface area contributed by atoms with Crippen LogP contribution < -0.4 is 5.73 Å². The summed E-state index contributed by atoms with van der Waals surface area (Å²) in [6.07, 6.45) is 0. The molecule has 1 amide bonds. The molecule has 116 valence electrons. The minimum absolute atomic E-state index is 0.0837. The van der Waals surface area contributed by atoms with Crippen LogP contribution in [0.3, 0.4) is 0 Å². The number of carbonyl (C=O) groups excluding carboxylic acids is 1. The van der Waals surface area contributed by atoms with Gasteiger partial charge in [0.15, 0.2) is 0 Å². The number of hydrogen-bond donors (Lipinski definition) is 1. The fraction of sp³-hybridized carbons (Fsp3) is 0.588. The van der Waals surface area contributed by atoms with Gasteiger partial charge in [-0.1, -0.05) is 44.2 Å². The van der Waals surface area contributed by atoms with Crippen LogP contribution in [-0.4, -0.2) is 48.9 Å². The smallest absolute Gasteiger partial charge is 0.227 e. The first kappa shape index (κ1) is 16.0. The summed E-state index contributed by atoms with van der Waals surface area (Å²) in [6, 6.07) is 10.4. The third kappa shape index (κ3) is 3.63. The fourth-order valence-electron chi connectivity index (χ4n) is 3.01. The van der Waals surface area contributed by atoms with Gasteiger partial charge in [0.1, 0.15) is 0 Å². The van der Waals surface area contributed by atoms with Crippen LogP contribution in [0.15, 0.2) is 30.3 Å². The van der Waals surface area contributed by atoms with E-state index in [0.717, 1.165) is 19.6 Å². The van der Waals surface area contributed by atoms with Crippen LogP contribution in [0.2, 0.25) is 0 Å². The summed E-state index contributed by atoms with van der Waals surface area (Å²) in [5, 5.41) is 0. The Kier molecular flexibility index (Phi) is 5.37.